The number of fused-ring (bicyclic) bond motifs is 1. The van der Waals surface area contributed by atoms with Gasteiger partial charge in [0.2, 0.25) is 5.91 Å². The zero-order chi connectivity index (χ0) is 12.1. The minimum absolute atomic E-state index is 0.120. The van der Waals surface area contributed by atoms with Crippen LogP contribution in [-0.2, 0) is 11.3 Å². The summed E-state index contributed by atoms with van der Waals surface area (Å²) in [5, 5.41) is 11.0. The van der Waals surface area contributed by atoms with E-state index >= 15 is 0 Å². The van der Waals surface area contributed by atoms with Crippen LogP contribution >= 0.6 is 0 Å². The van der Waals surface area contributed by atoms with Crippen molar-refractivity contribution >= 4 is 5.91 Å². The molecule has 0 spiro atoms. The third-order valence-corrected chi connectivity index (χ3v) is 2.34. The van der Waals surface area contributed by atoms with Crippen LogP contribution in [0.15, 0.2) is 18.2 Å². The highest BCUT2D eigenvalue weighted by Crippen LogP contribution is 2.30. The molecule has 1 aromatic rings. The number of hydrogen-bond acceptors (Lipinski definition) is 4. The smallest absolute Gasteiger partial charge is 0.234 e. The Morgan fingerprint density at radius 1 is 1.35 bits per heavy atom. The Bertz CT molecular complexity index is 465. The van der Waals surface area contributed by atoms with Gasteiger partial charge < -0.3 is 14.8 Å². The first-order valence-corrected chi connectivity index (χ1v) is 5.32. The molecule has 0 aromatic heterocycles. The number of nitrogens with zero attached hydrogens (tertiary/aromatic N) is 1. The SMILES string of the molecule is N#CCC(=O)NCc1ccc2c(c1)OCCO2. The lowest BCUT2D eigenvalue weighted by Gasteiger charge is -2.18. The molecule has 1 amide bonds. The molecule has 5 nitrogen and oxygen atoms in total. The number of rotatable bonds is 3. The highest BCUT2D eigenvalue weighted by molar-refractivity contribution is 5.77. The molecule has 0 saturated heterocycles. The van der Waals surface area contributed by atoms with Crippen molar-refractivity contribution in [3.8, 4) is 17.6 Å². The summed E-state index contributed by atoms with van der Waals surface area (Å²) in [4.78, 5) is 11.1. The minimum Gasteiger partial charge on any atom is -0.486 e. The summed E-state index contributed by atoms with van der Waals surface area (Å²) in [6, 6.07) is 7.31. The molecule has 0 radical (unpaired) electrons. The zero-order valence-electron chi connectivity index (χ0n) is 9.23. The first-order valence-electron chi connectivity index (χ1n) is 5.32. The van der Waals surface area contributed by atoms with Gasteiger partial charge in [-0.3, -0.25) is 4.79 Å². The molecule has 5 heteroatoms. The van der Waals surface area contributed by atoms with Gasteiger partial charge in [-0.1, -0.05) is 6.07 Å². The molecule has 0 atom stereocenters. The lowest BCUT2D eigenvalue weighted by Crippen LogP contribution is -2.22. The number of benzene rings is 1. The van der Waals surface area contributed by atoms with Crippen LogP contribution in [0.4, 0.5) is 0 Å². The maximum Gasteiger partial charge on any atom is 0.234 e. The van der Waals surface area contributed by atoms with Crippen molar-refractivity contribution < 1.29 is 14.3 Å². The molecule has 0 saturated carbocycles. The predicted molar refractivity (Wildman–Crippen MR) is 59.5 cm³/mol. The standard InChI is InChI=1S/C12H12N2O3/c13-4-3-12(15)14-8-9-1-2-10-11(7-9)17-6-5-16-10/h1-2,7H,3,5-6,8H2,(H,14,15). The van der Waals surface area contributed by atoms with E-state index in [9.17, 15) is 4.79 Å². The number of nitriles is 1. The minimum atomic E-state index is -0.276. The van der Waals surface area contributed by atoms with E-state index in [0.29, 0.717) is 25.5 Å². The van der Waals surface area contributed by atoms with Gasteiger partial charge in [-0.25, -0.2) is 0 Å². The van der Waals surface area contributed by atoms with Gasteiger partial charge in [0, 0.05) is 6.54 Å². The van der Waals surface area contributed by atoms with E-state index in [2.05, 4.69) is 5.32 Å². The quantitative estimate of drug-likeness (QED) is 0.843. The first kappa shape index (κ1) is 11.3. The van der Waals surface area contributed by atoms with E-state index < -0.39 is 0 Å². The number of carbonyl (C=O) groups excluding carboxylic acids is 1. The summed E-state index contributed by atoms with van der Waals surface area (Å²) in [5.74, 6) is 1.15. The fraction of sp³-hybridized carbons (Fsp3) is 0.333. The van der Waals surface area contributed by atoms with Crippen LogP contribution in [0.2, 0.25) is 0 Å². The third-order valence-electron chi connectivity index (χ3n) is 2.34. The third kappa shape index (κ3) is 2.88. The van der Waals surface area contributed by atoms with Crippen molar-refractivity contribution in [3.05, 3.63) is 23.8 Å². The summed E-state index contributed by atoms with van der Waals surface area (Å²) in [7, 11) is 0. The van der Waals surface area contributed by atoms with Crippen molar-refractivity contribution in [2.75, 3.05) is 13.2 Å². The number of ether oxygens (including phenoxy) is 2. The second-order valence-corrected chi connectivity index (χ2v) is 3.59. The fourth-order valence-corrected chi connectivity index (χ4v) is 1.53. The Labute approximate surface area is 98.9 Å². The summed E-state index contributed by atoms with van der Waals surface area (Å²) in [5.41, 5.74) is 0.917. The summed E-state index contributed by atoms with van der Waals surface area (Å²) < 4.78 is 10.8. The maximum atomic E-state index is 11.1. The molecule has 17 heavy (non-hydrogen) atoms. The van der Waals surface area contributed by atoms with Crippen LogP contribution in [0.25, 0.3) is 0 Å². The van der Waals surface area contributed by atoms with E-state index in [1.165, 1.54) is 0 Å². The second-order valence-electron chi connectivity index (χ2n) is 3.59. The zero-order valence-corrected chi connectivity index (χ0v) is 9.23. The van der Waals surface area contributed by atoms with Crippen molar-refractivity contribution in [2.45, 2.75) is 13.0 Å². The lowest BCUT2D eigenvalue weighted by molar-refractivity contribution is -0.120. The lowest BCUT2D eigenvalue weighted by atomic mass is 10.2. The number of hydrogen-bond donors (Lipinski definition) is 1. The van der Waals surface area contributed by atoms with Crippen LogP contribution in [0, 0.1) is 11.3 Å². The Morgan fingerprint density at radius 2 is 2.12 bits per heavy atom. The van der Waals surface area contributed by atoms with E-state index in [0.717, 1.165) is 11.3 Å². The van der Waals surface area contributed by atoms with Crippen LogP contribution < -0.4 is 14.8 Å². The van der Waals surface area contributed by atoms with E-state index in [1.54, 1.807) is 6.07 Å². The van der Waals surface area contributed by atoms with Gasteiger partial charge in [-0.05, 0) is 17.7 Å². The van der Waals surface area contributed by atoms with Crippen LogP contribution in [-0.4, -0.2) is 19.1 Å². The van der Waals surface area contributed by atoms with Gasteiger partial charge in [0.05, 0.1) is 6.07 Å². The first-order chi connectivity index (χ1) is 8.29. The van der Waals surface area contributed by atoms with Crippen molar-refractivity contribution in [1.29, 1.82) is 5.26 Å². The highest BCUT2D eigenvalue weighted by Gasteiger charge is 2.11. The molecule has 1 aliphatic rings. The Balaban J connectivity index is 1.98. The van der Waals surface area contributed by atoms with E-state index in [-0.39, 0.29) is 12.3 Å². The largest absolute Gasteiger partial charge is 0.486 e. The summed E-state index contributed by atoms with van der Waals surface area (Å²) >= 11 is 0. The Kier molecular flexibility index (Phi) is 3.46. The number of nitrogens with one attached hydrogen (secondary N) is 1. The van der Waals surface area contributed by atoms with Crippen LogP contribution in [0.3, 0.4) is 0 Å². The van der Waals surface area contributed by atoms with Gasteiger partial charge in [-0.15, -0.1) is 0 Å². The maximum absolute atomic E-state index is 11.1. The molecule has 1 aromatic carbocycles. The monoisotopic (exact) mass is 232 g/mol. The predicted octanol–water partition coefficient (Wildman–Crippen LogP) is 0.988. The van der Waals surface area contributed by atoms with Gasteiger partial charge in [0.15, 0.2) is 11.5 Å². The molecule has 0 fully saturated rings. The molecule has 0 unspecified atom stereocenters. The van der Waals surface area contributed by atoms with Gasteiger partial charge in [0.1, 0.15) is 19.6 Å². The Morgan fingerprint density at radius 3 is 2.88 bits per heavy atom. The second kappa shape index (κ2) is 5.21. The summed E-state index contributed by atoms with van der Waals surface area (Å²) in [6.07, 6.45) is -0.120. The number of carbonyl (C=O) groups is 1. The molecule has 2 rings (SSSR count). The average molecular weight is 232 g/mol. The van der Waals surface area contributed by atoms with Gasteiger partial charge >= 0.3 is 0 Å². The molecular weight excluding hydrogens is 220 g/mol. The summed E-state index contributed by atoms with van der Waals surface area (Å²) in [6.45, 7) is 1.49. The fourth-order valence-electron chi connectivity index (χ4n) is 1.53. The number of amides is 1. The molecule has 1 aliphatic heterocycles. The molecule has 1 heterocycles. The average Bonchev–Trinajstić information content (AvgIpc) is 2.36. The van der Waals surface area contributed by atoms with Crippen molar-refractivity contribution in [3.63, 3.8) is 0 Å². The topological polar surface area (TPSA) is 71.4 Å². The van der Waals surface area contributed by atoms with E-state index in [4.69, 9.17) is 14.7 Å². The van der Waals surface area contributed by atoms with Gasteiger partial charge in [-0.2, -0.15) is 5.26 Å². The van der Waals surface area contributed by atoms with Gasteiger partial charge in [0.25, 0.3) is 0 Å². The molecular formula is C12H12N2O3. The molecule has 88 valence electrons. The van der Waals surface area contributed by atoms with Crippen LogP contribution in [0.1, 0.15) is 12.0 Å². The highest BCUT2D eigenvalue weighted by atomic mass is 16.6. The van der Waals surface area contributed by atoms with Crippen molar-refractivity contribution in [1.82, 2.24) is 5.32 Å². The Hall–Kier alpha value is -2.22. The molecule has 0 bridgehead atoms. The van der Waals surface area contributed by atoms with E-state index in [1.807, 2.05) is 18.2 Å². The molecule has 1 N–H and O–H groups in total. The molecule has 0 aliphatic carbocycles. The normalized spacial score (nSPS) is 12.6. The van der Waals surface area contributed by atoms with Crippen molar-refractivity contribution in [2.24, 2.45) is 0 Å². The van der Waals surface area contributed by atoms with Crippen LogP contribution in [0.5, 0.6) is 11.5 Å².